The Kier molecular flexibility index (Phi) is 9.37. The van der Waals surface area contributed by atoms with Crippen molar-refractivity contribution in [2.45, 2.75) is 12.8 Å². The van der Waals surface area contributed by atoms with E-state index >= 15 is 0 Å². The maximum Gasteiger partial charge on any atom is 0.255 e. The van der Waals surface area contributed by atoms with Crippen LogP contribution in [0.2, 0.25) is 5.02 Å². The maximum atomic E-state index is 13.4. The van der Waals surface area contributed by atoms with Gasteiger partial charge < -0.3 is 25.3 Å². The zero-order chi connectivity index (χ0) is 29.5. The lowest BCUT2D eigenvalue weighted by Crippen LogP contribution is -2.35. The molecule has 0 aromatic heterocycles. The van der Waals surface area contributed by atoms with Crippen molar-refractivity contribution in [2.75, 3.05) is 62.6 Å². The average Bonchev–Trinajstić information content (AvgIpc) is 3.44. The van der Waals surface area contributed by atoms with Gasteiger partial charge in [0.05, 0.1) is 23.0 Å². The van der Waals surface area contributed by atoms with Gasteiger partial charge >= 0.3 is 0 Å². The summed E-state index contributed by atoms with van der Waals surface area (Å²) in [7, 11) is 0. The van der Waals surface area contributed by atoms with Gasteiger partial charge in [-0.05, 0) is 80.1 Å². The van der Waals surface area contributed by atoms with Gasteiger partial charge in [0, 0.05) is 67.5 Å². The third kappa shape index (κ3) is 6.90. The van der Waals surface area contributed by atoms with E-state index in [1.807, 2.05) is 21.9 Å². The van der Waals surface area contributed by atoms with Crippen molar-refractivity contribution < 1.29 is 14.4 Å². The van der Waals surface area contributed by atoms with Gasteiger partial charge in [0.2, 0.25) is 0 Å². The molecule has 10 heteroatoms. The monoisotopic (exact) mass is 584 g/mol. The number of halogens is 1. The minimum Gasteiger partial charge on any atom is -0.368 e. The third-order valence-electron chi connectivity index (χ3n) is 7.59. The molecule has 2 fully saturated rings. The minimum absolute atomic E-state index is 0.0680. The molecule has 0 saturated carbocycles. The van der Waals surface area contributed by atoms with E-state index in [2.05, 4.69) is 21.6 Å². The van der Waals surface area contributed by atoms with Crippen molar-refractivity contribution >= 4 is 40.7 Å². The molecule has 0 aliphatic carbocycles. The third-order valence-corrected chi connectivity index (χ3v) is 7.83. The molecule has 2 N–H and O–H groups in total. The van der Waals surface area contributed by atoms with E-state index in [1.165, 1.54) is 0 Å². The summed E-state index contributed by atoms with van der Waals surface area (Å²) in [5.41, 5.74) is 3.24. The normalized spacial score (nSPS) is 15.8. The first-order chi connectivity index (χ1) is 20.4. The SMILES string of the molecule is N#Cc1ccc(C(=O)Nc2cc(C(=O)N3CCCNCC3)ccc2N2CCCN(C(=O)c3cccc(Cl)c3)CC2)cc1. The van der Waals surface area contributed by atoms with Crippen LogP contribution in [0.25, 0.3) is 0 Å². The standard InChI is InChI=1S/C32H33ClN6O3/c33-27-5-1-4-25(20-27)31(41)39-16-3-15-37(18-19-39)29-11-10-26(32(42)38-14-2-12-35-13-17-38)21-28(29)36-30(40)24-8-6-23(22-34)7-9-24/h1,4-11,20-21,35H,2-3,12-19H2,(H,36,40). The molecular weight excluding hydrogens is 552 g/mol. The molecule has 2 aliphatic rings. The summed E-state index contributed by atoms with van der Waals surface area (Å²) in [6.07, 6.45) is 1.61. The van der Waals surface area contributed by atoms with Crippen LogP contribution in [0, 0.1) is 11.3 Å². The summed E-state index contributed by atoms with van der Waals surface area (Å²) >= 11 is 6.12. The molecule has 9 nitrogen and oxygen atoms in total. The van der Waals surface area contributed by atoms with Crippen LogP contribution in [0.1, 0.15) is 49.5 Å². The Balaban J connectivity index is 1.40. The van der Waals surface area contributed by atoms with Crippen molar-refractivity contribution in [2.24, 2.45) is 0 Å². The van der Waals surface area contributed by atoms with E-state index in [4.69, 9.17) is 16.9 Å². The lowest BCUT2D eigenvalue weighted by atomic mass is 10.1. The molecular formula is C32H33ClN6O3. The average molecular weight is 585 g/mol. The molecule has 5 rings (SSSR count). The number of nitrogens with one attached hydrogen (secondary N) is 2. The van der Waals surface area contributed by atoms with E-state index in [0.717, 1.165) is 31.6 Å². The van der Waals surface area contributed by atoms with Crippen LogP contribution in [0.3, 0.4) is 0 Å². The Bertz CT molecular complexity index is 1490. The Morgan fingerprint density at radius 1 is 0.762 bits per heavy atom. The van der Waals surface area contributed by atoms with Crippen molar-refractivity contribution in [3.8, 4) is 6.07 Å². The van der Waals surface area contributed by atoms with Gasteiger partial charge in [-0.25, -0.2) is 0 Å². The second-order valence-electron chi connectivity index (χ2n) is 10.4. The lowest BCUT2D eigenvalue weighted by Gasteiger charge is -2.27. The lowest BCUT2D eigenvalue weighted by molar-refractivity contribution is 0.0759. The fraction of sp³-hybridized carbons (Fsp3) is 0.312. The van der Waals surface area contributed by atoms with Crippen LogP contribution in [-0.2, 0) is 0 Å². The van der Waals surface area contributed by atoms with Crippen LogP contribution in [0.15, 0.2) is 66.7 Å². The molecule has 3 amide bonds. The van der Waals surface area contributed by atoms with Gasteiger partial charge in [0.25, 0.3) is 17.7 Å². The smallest absolute Gasteiger partial charge is 0.255 e. The number of rotatable bonds is 5. The number of benzene rings is 3. The molecule has 0 unspecified atom stereocenters. The highest BCUT2D eigenvalue weighted by molar-refractivity contribution is 6.31. The van der Waals surface area contributed by atoms with E-state index in [0.29, 0.717) is 72.2 Å². The fourth-order valence-corrected chi connectivity index (χ4v) is 5.52. The molecule has 0 spiro atoms. The highest BCUT2D eigenvalue weighted by Crippen LogP contribution is 2.30. The topological polar surface area (TPSA) is 109 Å². The summed E-state index contributed by atoms with van der Waals surface area (Å²) in [4.78, 5) is 45.7. The fourth-order valence-electron chi connectivity index (χ4n) is 5.33. The zero-order valence-electron chi connectivity index (χ0n) is 23.3. The number of amides is 3. The van der Waals surface area contributed by atoms with Crippen LogP contribution >= 0.6 is 11.6 Å². The predicted molar refractivity (Wildman–Crippen MR) is 163 cm³/mol. The largest absolute Gasteiger partial charge is 0.368 e. The van der Waals surface area contributed by atoms with Gasteiger partial charge in [-0.1, -0.05) is 17.7 Å². The first-order valence-corrected chi connectivity index (χ1v) is 14.6. The zero-order valence-corrected chi connectivity index (χ0v) is 24.1. The number of anilines is 2. The summed E-state index contributed by atoms with van der Waals surface area (Å²) in [5.74, 6) is -0.480. The summed E-state index contributed by atoms with van der Waals surface area (Å²) < 4.78 is 0. The quantitative estimate of drug-likeness (QED) is 0.464. The molecule has 2 aliphatic heterocycles. The van der Waals surface area contributed by atoms with E-state index < -0.39 is 0 Å². The number of carbonyl (C=O) groups excluding carboxylic acids is 3. The maximum absolute atomic E-state index is 13.4. The second-order valence-corrected chi connectivity index (χ2v) is 10.9. The van der Waals surface area contributed by atoms with E-state index in [-0.39, 0.29) is 17.7 Å². The Hall–Kier alpha value is -4.39. The van der Waals surface area contributed by atoms with Crippen molar-refractivity contribution in [1.82, 2.24) is 15.1 Å². The van der Waals surface area contributed by atoms with Gasteiger partial charge in [0.15, 0.2) is 0 Å². The number of carbonyl (C=O) groups is 3. The molecule has 2 saturated heterocycles. The molecule has 3 aromatic rings. The molecule has 0 radical (unpaired) electrons. The van der Waals surface area contributed by atoms with E-state index in [1.54, 1.807) is 54.6 Å². The van der Waals surface area contributed by atoms with Crippen LogP contribution in [-0.4, -0.2) is 79.9 Å². The Labute approximate surface area is 250 Å². The highest BCUT2D eigenvalue weighted by Gasteiger charge is 2.24. The van der Waals surface area contributed by atoms with E-state index in [9.17, 15) is 14.4 Å². The predicted octanol–water partition coefficient (Wildman–Crippen LogP) is 4.25. The molecule has 42 heavy (non-hydrogen) atoms. The van der Waals surface area contributed by atoms with Crippen molar-refractivity contribution in [3.63, 3.8) is 0 Å². The van der Waals surface area contributed by atoms with Gasteiger partial charge in [-0.2, -0.15) is 5.26 Å². The van der Waals surface area contributed by atoms with Gasteiger partial charge in [-0.15, -0.1) is 0 Å². The highest BCUT2D eigenvalue weighted by atomic mass is 35.5. The first-order valence-electron chi connectivity index (χ1n) is 14.2. The molecule has 0 bridgehead atoms. The molecule has 216 valence electrons. The Morgan fingerprint density at radius 3 is 2.24 bits per heavy atom. The number of nitriles is 1. The molecule has 3 aromatic carbocycles. The van der Waals surface area contributed by atoms with Crippen LogP contribution in [0.4, 0.5) is 11.4 Å². The van der Waals surface area contributed by atoms with Crippen molar-refractivity contribution in [3.05, 3.63) is 94.0 Å². The number of hydrogen-bond donors (Lipinski definition) is 2. The van der Waals surface area contributed by atoms with Crippen LogP contribution < -0.4 is 15.5 Å². The second kappa shape index (κ2) is 13.5. The summed E-state index contributed by atoms with van der Waals surface area (Å²) in [6, 6.07) is 20.9. The van der Waals surface area contributed by atoms with Crippen LogP contribution in [0.5, 0.6) is 0 Å². The summed E-state index contributed by atoms with van der Waals surface area (Å²) in [6.45, 7) is 5.22. The molecule has 0 atom stereocenters. The van der Waals surface area contributed by atoms with Crippen molar-refractivity contribution in [1.29, 1.82) is 5.26 Å². The Morgan fingerprint density at radius 2 is 1.48 bits per heavy atom. The summed E-state index contributed by atoms with van der Waals surface area (Å²) in [5, 5.41) is 16.0. The first kappa shape index (κ1) is 29.1. The van der Waals surface area contributed by atoms with Gasteiger partial charge in [0.1, 0.15) is 0 Å². The number of nitrogens with zero attached hydrogens (tertiary/aromatic N) is 4. The number of hydrogen-bond acceptors (Lipinski definition) is 6. The van der Waals surface area contributed by atoms with Gasteiger partial charge in [-0.3, -0.25) is 14.4 Å². The molecule has 2 heterocycles. The minimum atomic E-state index is -0.336.